The van der Waals surface area contributed by atoms with Crippen molar-refractivity contribution in [2.45, 2.75) is 0 Å². The van der Waals surface area contributed by atoms with Crippen LogP contribution in [0.2, 0.25) is 0 Å². The summed E-state index contributed by atoms with van der Waals surface area (Å²) in [5.74, 6) is 0.958. The predicted octanol–water partition coefficient (Wildman–Crippen LogP) is 4.42. The molecular formula is C24H23N5O3S. The number of pyridine rings is 1. The van der Waals surface area contributed by atoms with Gasteiger partial charge in [-0.3, -0.25) is 9.78 Å². The quantitative estimate of drug-likeness (QED) is 0.439. The van der Waals surface area contributed by atoms with Crippen LogP contribution in [0.3, 0.4) is 0 Å². The second kappa shape index (κ2) is 9.43. The van der Waals surface area contributed by atoms with Gasteiger partial charge in [0.1, 0.15) is 17.2 Å². The smallest absolute Gasteiger partial charge is 0.269 e. The van der Waals surface area contributed by atoms with Crippen molar-refractivity contribution in [2.75, 3.05) is 43.6 Å². The molecular weight excluding hydrogens is 438 g/mol. The van der Waals surface area contributed by atoms with Gasteiger partial charge in [0.2, 0.25) is 0 Å². The number of ether oxygens (including phenoxy) is 2. The Balaban J connectivity index is 1.29. The number of morpholine rings is 1. The maximum absolute atomic E-state index is 11.8. The highest BCUT2D eigenvalue weighted by Gasteiger charge is 2.12. The number of anilines is 3. The Kier molecular flexibility index (Phi) is 6.05. The summed E-state index contributed by atoms with van der Waals surface area (Å²) in [6, 6.07) is 17.4. The molecule has 2 aromatic carbocycles. The zero-order valence-corrected chi connectivity index (χ0v) is 18.9. The Hall–Kier alpha value is -3.69. The third kappa shape index (κ3) is 4.89. The fraction of sp³-hybridized carbons (Fsp3) is 0.208. The molecule has 1 saturated heterocycles. The van der Waals surface area contributed by atoms with E-state index in [0.29, 0.717) is 17.2 Å². The van der Waals surface area contributed by atoms with Gasteiger partial charge in [-0.05, 0) is 42.5 Å². The number of carbonyl (C=O) groups is 1. The fourth-order valence-electron chi connectivity index (χ4n) is 3.59. The van der Waals surface area contributed by atoms with Crippen molar-refractivity contribution in [3.8, 4) is 11.5 Å². The number of carbonyl (C=O) groups excluding carboxylic acids is 1. The number of aromatic nitrogens is 2. The minimum Gasteiger partial charge on any atom is -0.457 e. The van der Waals surface area contributed by atoms with Crippen molar-refractivity contribution < 1.29 is 14.3 Å². The molecule has 9 heteroatoms. The van der Waals surface area contributed by atoms with Crippen LogP contribution in [-0.2, 0) is 4.74 Å². The molecule has 2 N–H and O–H groups in total. The van der Waals surface area contributed by atoms with Gasteiger partial charge < -0.3 is 25.0 Å². The maximum Gasteiger partial charge on any atom is 0.269 e. The van der Waals surface area contributed by atoms with Crippen LogP contribution in [0, 0.1) is 0 Å². The van der Waals surface area contributed by atoms with Crippen LogP contribution < -0.4 is 20.3 Å². The Morgan fingerprint density at radius 3 is 2.64 bits per heavy atom. The lowest BCUT2D eigenvalue weighted by atomic mass is 10.2. The summed E-state index contributed by atoms with van der Waals surface area (Å²) >= 11 is 1.56. The summed E-state index contributed by atoms with van der Waals surface area (Å²) in [7, 11) is 1.57. The SMILES string of the molecule is CNC(=O)c1cc(Oc2ccc3nc(Nc4ccc(N5CCOCC5)cc4)sc3c2)ccn1. The summed E-state index contributed by atoms with van der Waals surface area (Å²) in [6.45, 7) is 3.38. The van der Waals surface area contributed by atoms with E-state index in [-0.39, 0.29) is 5.91 Å². The topological polar surface area (TPSA) is 88.6 Å². The van der Waals surface area contributed by atoms with E-state index < -0.39 is 0 Å². The second-order valence-corrected chi connectivity index (χ2v) is 8.51. The molecule has 8 nitrogen and oxygen atoms in total. The Bertz CT molecular complexity index is 1270. The molecule has 5 rings (SSSR count). The average molecular weight is 462 g/mol. The van der Waals surface area contributed by atoms with Crippen LogP contribution in [0.1, 0.15) is 10.5 Å². The van der Waals surface area contributed by atoms with E-state index >= 15 is 0 Å². The molecule has 4 aromatic rings. The molecule has 1 aliphatic rings. The number of hydrogen-bond donors (Lipinski definition) is 2. The third-order valence-corrected chi connectivity index (χ3v) is 6.22. The Labute approximate surface area is 195 Å². The van der Waals surface area contributed by atoms with Crippen LogP contribution in [0.4, 0.5) is 16.5 Å². The van der Waals surface area contributed by atoms with Crippen molar-refractivity contribution in [1.29, 1.82) is 0 Å². The van der Waals surface area contributed by atoms with Crippen molar-refractivity contribution in [1.82, 2.24) is 15.3 Å². The largest absolute Gasteiger partial charge is 0.457 e. The molecule has 0 bridgehead atoms. The fourth-order valence-corrected chi connectivity index (χ4v) is 4.50. The van der Waals surface area contributed by atoms with E-state index in [1.54, 1.807) is 36.7 Å². The van der Waals surface area contributed by atoms with Gasteiger partial charge in [-0.2, -0.15) is 0 Å². The van der Waals surface area contributed by atoms with Crippen LogP contribution in [0.5, 0.6) is 11.5 Å². The van der Waals surface area contributed by atoms with Gasteiger partial charge in [0.15, 0.2) is 5.13 Å². The number of nitrogens with one attached hydrogen (secondary N) is 2. The van der Waals surface area contributed by atoms with Crippen molar-refractivity contribution in [3.63, 3.8) is 0 Å². The van der Waals surface area contributed by atoms with Gasteiger partial charge in [-0.15, -0.1) is 0 Å². The lowest BCUT2D eigenvalue weighted by Gasteiger charge is -2.28. The van der Waals surface area contributed by atoms with Crippen molar-refractivity contribution in [3.05, 3.63) is 66.5 Å². The maximum atomic E-state index is 11.8. The number of thiazole rings is 1. The third-order valence-electron chi connectivity index (χ3n) is 5.28. The normalized spacial score (nSPS) is 13.7. The molecule has 0 unspecified atom stereocenters. The molecule has 0 atom stereocenters. The molecule has 1 fully saturated rings. The zero-order chi connectivity index (χ0) is 22.6. The number of fused-ring (bicyclic) bond motifs is 1. The lowest BCUT2D eigenvalue weighted by Crippen LogP contribution is -2.36. The summed E-state index contributed by atoms with van der Waals surface area (Å²) < 4.78 is 12.4. The first kappa shape index (κ1) is 21.2. The highest BCUT2D eigenvalue weighted by atomic mass is 32.1. The van der Waals surface area contributed by atoms with Crippen LogP contribution in [0.25, 0.3) is 10.2 Å². The molecule has 0 saturated carbocycles. The number of rotatable bonds is 6. The second-order valence-electron chi connectivity index (χ2n) is 7.48. The first-order chi connectivity index (χ1) is 16.2. The van der Waals surface area contributed by atoms with E-state index in [1.807, 2.05) is 18.2 Å². The highest BCUT2D eigenvalue weighted by molar-refractivity contribution is 7.22. The summed E-state index contributed by atoms with van der Waals surface area (Å²) in [4.78, 5) is 22.9. The van der Waals surface area contributed by atoms with E-state index in [0.717, 1.165) is 47.3 Å². The van der Waals surface area contributed by atoms with Crippen molar-refractivity contribution >= 4 is 44.0 Å². The first-order valence-corrected chi connectivity index (χ1v) is 11.5. The molecule has 1 amide bonds. The molecule has 33 heavy (non-hydrogen) atoms. The van der Waals surface area contributed by atoms with Gasteiger partial charge in [-0.1, -0.05) is 11.3 Å². The lowest BCUT2D eigenvalue weighted by molar-refractivity contribution is 0.0958. The summed E-state index contributed by atoms with van der Waals surface area (Å²) in [5, 5.41) is 6.76. The molecule has 0 radical (unpaired) electrons. The Morgan fingerprint density at radius 1 is 1.06 bits per heavy atom. The van der Waals surface area contributed by atoms with Crippen LogP contribution >= 0.6 is 11.3 Å². The molecule has 0 spiro atoms. The van der Waals surface area contributed by atoms with Crippen LogP contribution in [-0.4, -0.2) is 49.2 Å². The highest BCUT2D eigenvalue weighted by Crippen LogP contribution is 2.33. The number of benzene rings is 2. The van der Waals surface area contributed by atoms with E-state index in [1.165, 1.54) is 5.69 Å². The van der Waals surface area contributed by atoms with E-state index in [9.17, 15) is 4.79 Å². The van der Waals surface area contributed by atoms with Gasteiger partial charge in [0.25, 0.3) is 5.91 Å². The Morgan fingerprint density at radius 2 is 1.85 bits per heavy atom. The number of nitrogens with zero attached hydrogens (tertiary/aromatic N) is 3. The predicted molar refractivity (Wildman–Crippen MR) is 130 cm³/mol. The molecule has 0 aliphatic carbocycles. The molecule has 3 heterocycles. The molecule has 168 valence electrons. The minimum atomic E-state index is -0.257. The first-order valence-electron chi connectivity index (χ1n) is 10.6. The average Bonchev–Trinajstić information content (AvgIpc) is 3.26. The molecule has 1 aliphatic heterocycles. The van der Waals surface area contributed by atoms with Gasteiger partial charge >= 0.3 is 0 Å². The van der Waals surface area contributed by atoms with Crippen molar-refractivity contribution in [2.24, 2.45) is 0 Å². The van der Waals surface area contributed by atoms with Gasteiger partial charge in [-0.25, -0.2) is 4.98 Å². The zero-order valence-electron chi connectivity index (χ0n) is 18.1. The van der Waals surface area contributed by atoms with E-state index in [4.69, 9.17) is 9.47 Å². The summed E-state index contributed by atoms with van der Waals surface area (Å²) in [5.41, 5.74) is 3.38. The molecule has 2 aromatic heterocycles. The van der Waals surface area contributed by atoms with Gasteiger partial charge in [0.05, 0.1) is 23.4 Å². The van der Waals surface area contributed by atoms with Crippen LogP contribution in [0.15, 0.2) is 60.8 Å². The number of hydrogen-bond acceptors (Lipinski definition) is 8. The number of amides is 1. The monoisotopic (exact) mass is 461 g/mol. The van der Waals surface area contributed by atoms with E-state index in [2.05, 4.69) is 49.8 Å². The summed E-state index contributed by atoms with van der Waals surface area (Å²) in [6.07, 6.45) is 1.55. The van der Waals surface area contributed by atoms with Gasteiger partial charge in [0, 0.05) is 49.8 Å². The standard InChI is InChI=1S/C24H23N5O3S/c1-25-23(30)21-14-19(8-9-26-21)32-18-6-7-20-22(15-18)33-24(28-20)27-16-2-4-17(5-3-16)29-10-12-31-13-11-29/h2-9,14-15H,10-13H2,1H3,(H,25,30)(H,27,28). The minimum absolute atomic E-state index is 0.257.